The van der Waals surface area contributed by atoms with Gasteiger partial charge in [0, 0.05) is 26.2 Å². The van der Waals surface area contributed by atoms with Gasteiger partial charge in [-0.3, -0.25) is 4.79 Å². The molecule has 5 nitrogen and oxygen atoms in total. The maximum Gasteiger partial charge on any atom is 0.236 e. The molecule has 19 heavy (non-hydrogen) atoms. The van der Waals surface area contributed by atoms with Gasteiger partial charge in [0.25, 0.3) is 0 Å². The molecule has 110 valence electrons. The average molecular weight is 270 g/mol. The van der Waals surface area contributed by atoms with E-state index in [1.165, 1.54) is 19.3 Å². The van der Waals surface area contributed by atoms with E-state index in [-0.39, 0.29) is 5.91 Å². The maximum atomic E-state index is 11.8. The summed E-state index contributed by atoms with van der Waals surface area (Å²) in [5.74, 6) is 0.867. The number of carbonyl (C=O) groups excluding carboxylic acids is 1. The molecular formula is C14H26N2O3. The molecule has 1 aliphatic heterocycles. The van der Waals surface area contributed by atoms with Crippen molar-refractivity contribution < 1.29 is 14.6 Å². The van der Waals surface area contributed by atoms with Gasteiger partial charge < -0.3 is 20.1 Å². The number of nitrogens with zero attached hydrogens (tertiary/aromatic N) is 1. The Morgan fingerprint density at radius 1 is 1.32 bits per heavy atom. The predicted octanol–water partition coefficient (Wildman–Crippen LogP) is 0.376. The number of carbonyl (C=O) groups is 1. The topological polar surface area (TPSA) is 61.8 Å². The Morgan fingerprint density at radius 3 is 2.74 bits per heavy atom. The summed E-state index contributed by atoms with van der Waals surface area (Å²) in [6.45, 7) is 3.64. The second-order valence-electron chi connectivity index (χ2n) is 5.71. The molecular weight excluding hydrogens is 244 g/mol. The largest absolute Gasteiger partial charge is 0.389 e. The van der Waals surface area contributed by atoms with Crippen LogP contribution in [0.1, 0.15) is 32.1 Å². The van der Waals surface area contributed by atoms with Crippen LogP contribution in [0.2, 0.25) is 0 Å². The highest BCUT2D eigenvalue weighted by Crippen LogP contribution is 2.28. The number of aliphatic hydroxyl groups excluding tert-OH is 1. The van der Waals surface area contributed by atoms with Gasteiger partial charge in [-0.1, -0.05) is 0 Å². The molecule has 5 heteroatoms. The number of piperidine rings is 1. The molecule has 0 spiro atoms. The second-order valence-corrected chi connectivity index (χ2v) is 5.71. The number of rotatable bonds is 8. The van der Waals surface area contributed by atoms with Crippen LogP contribution in [0.15, 0.2) is 0 Å². The van der Waals surface area contributed by atoms with Gasteiger partial charge in [-0.05, 0) is 38.0 Å². The van der Waals surface area contributed by atoms with E-state index in [4.69, 9.17) is 4.74 Å². The van der Waals surface area contributed by atoms with Gasteiger partial charge in [-0.2, -0.15) is 0 Å². The zero-order chi connectivity index (χ0) is 13.5. The first-order valence-corrected chi connectivity index (χ1v) is 7.50. The molecule has 1 unspecified atom stereocenters. The summed E-state index contributed by atoms with van der Waals surface area (Å²) in [6, 6.07) is 0. The van der Waals surface area contributed by atoms with Crippen LogP contribution >= 0.6 is 0 Å². The van der Waals surface area contributed by atoms with Crippen molar-refractivity contribution in [3.63, 3.8) is 0 Å². The minimum atomic E-state index is -0.520. The van der Waals surface area contributed by atoms with Gasteiger partial charge in [0.2, 0.25) is 5.91 Å². The molecule has 0 aromatic heterocycles. The van der Waals surface area contributed by atoms with Crippen LogP contribution in [0.4, 0.5) is 0 Å². The highest BCUT2D eigenvalue weighted by molar-refractivity contribution is 5.78. The number of ether oxygens (including phenoxy) is 1. The average Bonchev–Trinajstić information content (AvgIpc) is 3.24. The highest BCUT2D eigenvalue weighted by atomic mass is 16.5. The molecule has 1 saturated heterocycles. The quantitative estimate of drug-likeness (QED) is 0.669. The molecule has 1 heterocycles. The number of hydrogen-bond donors (Lipinski definition) is 2. The molecule has 0 aromatic rings. The Bertz CT molecular complexity index is 276. The summed E-state index contributed by atoms with van der Waals surface area (Å²) in [7, 11) is 0. The summed E-state index contributed by atoms with van der Waals surface area (Å²) < 4.78 is 5.41. The van der Waals surface area contributed by atoms with Crippen molar-refractivity contribution in [1.82, 2.24) is 10.2 Å². The SMILES string of the molecule is O=C(CNCC(O)COCC1CC1)N1CCCCC1. The van der Waals surface area contributed by atoms with Crippen molar-refractivity contribution in [1.29, 1.82) is 0 Å². The first-order chi connectivity index (χ1) is 9.25. The summed E-state index contributed by atoms with van der Waals surface area (Å²) in [5.41, 5.74) is 0. The predicted molar refractivity (Wildman–Crippen MR) is 72.9 cm³/mol. The fourth-order valence-electron chi connectivity index (χ4n) is 2.32. The third-order valence-corrected chi connectivity index (χ3v) is 3.73. The Morgan fingerprint density at radius 2 is 2.05 bits per heavy atom. The van der Waals surface area contributed by atoms with Crippen LogP contribution in [-0.4, -0.2) is 61.4 Å². The van der Waals surface area contributed by atoms with Crippen molar-refractivity contribution in [2.45, 2.75) is 38.2 Å². The van der Waals surface area contributed by atoms with Gasteiger partial charge in [0.15, 0.2) is 0 Å². The molecule has 1 aliphatic carbocycles. The normalized spacial score (nSPS) is 21.4. The van der Waals surface area contributed by atoms with Crippen LogP contribution in [0.25, 0.3) is 0 Å². The molecule has 1 amide bonds. The van der Waals surface area contributed by atoms with Crippen LogP contribution in [-0.2, 0) is 9.53 Å². The minimum Gasteiger partial charge on any atom is -0.389 e. The van der Waals surface area contributed by atoms with Crippen LogP contribution in [0, 0.1) is 5.92 Å². The lowest BCUT2D eigenvalue weighted by Gasteiger charge is -2.27. The van der Waals surface area contributed by atoms with Crippen molar-refractivity contribution in [3.05, 3.63) is 0 Å². The number of amides is 1. The summed E-state index contributed by atoms with van der Waals surface area (Å²) in [6.07, 6.45) is 5.46. The van der Waals surface area contributed by atoms with E-state index < -0.39 is 6.10 Å². The Balaban J connectivity index is 1.48. The summed E-state index contributed by atoms with van der Waals surface area (Å²) in [4.78, 5) is 13.8. The molecule has 2 N–H and O–H groups in total. The van der Waals surface area contributed by atoms with Crippen molar-refractivity contribution in [2.75, 3.05) is 39.4 Å². The van der Waals surface area contributed by atoms with Crippen LogP contribution < -0.4 is 5.32 Å². The smallest absolute Gasteiger partial charge is 0.236 e. The van der Waals surface area contributed by atoms with Crippen LogP contribution in [0.5, 0.6) is 0 Å². The van der Waals surface area contributed by atoms with Crippen molar-refractivity contribution in [3.8, 4) is 0 Å². The third-order valence-electron chi connectivity index (χ3n) is 3.73. The van der Waals surface area contributed by atoms with E-state index in [0.717, 1.165) is 38.5 Å². The second kappa shape index (κ2) is 7.82. The maximum absolute atomic E-state index is 11.8. The van der Waals surface area contributed by atoms with E-state index in [1.54, 1.807) is 0 Å². The summed E-state index contributed by atoms with van der Waals surface area (Å²) in [5, 5.41) is 12.7. The molecule has 2 aliphatic rings. The first kappa shape index (κ1) is 14.8. The van der Waals surface area contributed by atoms with Gasteiger partial charge in [0.1, 0.15) is 0 Å². The zero-order valence-electron chi connectivity index (χ0n) is 11.6. The van der Waals surface area contributed by atoms with E-state index in [2.05, 4.69) is 5.32 Å². The third kappa shape index (κ3) is 5.89. The van der Waals surface area contributed by atoms with E-state index >= 15 is 0 Å². The lowest BCUT2D eigenvalue weighted by Crippen LogP contribution is -2.43. The van der Waals surface area contributed by atoms with Gasteiger partial charge in [-0.15, -0.1) is 0 Å². The van der Waals surface area contributed by atoms with E-state index in [9.17, 15) is 9.90 Å². The molecule has 0 aromatic carbocycles. The Labute approximate surface area is 115 Å². The summed E-state index contributed by atoms with van der Waals surface area (Å²) >= 11 is 0. The molecule has 1 atom stereocenters. The van der Waals surface area contributed by atoms with Gasteiger partial charge >= 0.3 is 0 Å². The standard InChI is InChI=1S/C14H26N2O3/c17-13(11-19-10-12-4-5-12)8-15-9-14(18)16-6-2-1-3-7-16/h12-13,15,17H,1-11H2. The van der Waals surface area contributed by atoms with Gasteiger partial charge in [0.05, 0.1) is 19.3 Å². The fourth-order valence-corrected chi connectivity index (χ4v) is 2.32. The number of aliphatic hydroxyl groups is 1. The molecule has 0 radical (unpaired) electrons. The van der Waals surface area contributed by atoms with Crippen molar-refractivity contribution in [2.24, 2.45) is 5.92 Å². The molecule has 2 rings (SSSR count). The van der Waals surface area contributed by atoms with Crippen molar-refractivity contribution >= 4 is 5.91 Å². The Hall–Kier alpha value is -0.650. The molecule has 0 bridgehead atoms. The first-order valence-electron chi connectivity index (χ1n) is 7.50. The highest BCUT2D eigenvalue weighted by Gasteiger charge is 2.21. The number of hydrogen-bond acceptors (Lipinski definition) is 4. The monoisotopic (exact) mass is 270 g/mol. The Kier molecular flexibility index (Phi) is 6.07. The lowest BCUT2D eigenvalue weighted by molar-refractivity contribution is -0.131. The van der Waals surface area contributed by atoms with E-state index in [0.29, 0.717) is 19.7 Å². The number of nitrogens with one attached hydrogen (secondary N) is 1. The lowest BCUT2D eigenvalue weighted by atomic mass is 10.1. The van der Waals surface area contributed by atoms with Gasteiger partial charge in [-0.25, -0.2) is 0 Å². The molecule has 2 fully saturated rings. The van der Waals surface area contributed by atoms with E-state index in [1.807, 2.05) is 4.90 Å². The fraction of sp³-hybridized carbons (Fsp3) is 0.929. The molecule has 1 saturated carbocycles. The number of likely N-dealkylation sites (tertiary alicyclic amines) is 1. The zero-order valence-corrected chi connectivity index (χ0v) is 11.6. The minimum absolute atomic E-state index is 0.144. The van der Waals surface area contributed by atoms with Crippen LogP contribution in [0.3, 0.4) is 0 Å².